The number of hydrogen-bond donors (Lipinski definition) is 2. The van der Waals surface area contributed by atoms with Crippen LogP contribution in [0.3, 0.4) is 0 Å². The van der Waals surface area contributed by atoms with E-state index in [2.05, 4.69) is 9.97 Å². The topological polar surface area (TPSA) is 131 Å². The molecule has 5 rings (SSSR count). The number of carbonyl (C=O) groups excluding carboxylic acids is 2. The average molecular weight is 580 g/mol. The molecular formula is C34H37N5O4. The number of rotatable bonds is 12. The Morgan fingerprint density at radius 2 is 1.60 bits per heavy atom. The predicted octanol–water partition coefficient (Wildman–Crippen LogP) is 4.32. The van der Waals surface area contributed by atoms with Gasteiger partial charge in [-0.05, 0) is 54.4 Å². The van der Waals surface area contributed by atoms with Gasteiger partial charge < -0.3 is 20.3 Å². The third kappa shape index (κ3) is 7.94. The van der Waals surface area contributed by atoms with E-state index in [1.165, 1.54) is 0 Å². The van der Waals surface area contributed by atoms with Gasteiger partial charge in [0.05, 0.1) is 24.5 Å². The maximum absolute atomic E-state index is 13.6. The number of amides is 1. The molecule has 2 aromatic carbocycles. The molecule has 4 aromatic rings. The molecule has 0 radical (unpaired) electrons. The minimum atomic E-state index is -0.950. The van der Waals surface area contributed by atoms with E-state index in [1.807, 2.05) is 65.2 Å². The van der Waals surface area contributed by atoms with Crippen molar-refractivity contribution >= 4 is 23.5 Å². The van der Waals surface area contributed by atoms with Gasteiger partial charge in [-0.2, -0.15) is 0 Å². The molecule has 3 heterocycles. The van der Waals surface area contributed by atoms with Crippen LogP contribution in [0.1, 0.15) is 47.6 Å². The van der Waals surface area contributed by atoms with Crippen molar-refractivity contribution in [1.82, 2.24) is 19.4 Å². The molecule has 0 saturated carbocycles. The Morgan fingerprint density at radius 1 is 0.907 bits per heavy atom. The first-order chi connectivity index (χ1) is 20.9. The molecule has 222 valence electrons. The number of carbonyl (C=O) groups is 3. The van der Waals surface area contributed by atoms with E-state index in [-0.39, 0.29) is 30.4 Å². The van der Waals surface area contributed by atoms with Crippen LogP contribution in [0.4, 0.5) is 5.82 Å². The van der Waals surface area contributed by atoms with E-state index in [0.717, 1.165) is 29.5 Å². The number of nitrogens with two attached hydrogens (primary N) is 1. The molecule has 2 aromatic heterocycles. The first-order valence-electron chi connectivity index (χ1n) is 14.7. The Kier molecular flexibility index (Phi) is 9.61. The van der Waals surface area contributed by atoms with E-state index in [0.29, 0.717) is 37.4 Å². The lowest BCUT2D eigenvalue weighted by molar-refractivity contribution is -0.141. The van der Waals surface area contributed by atoms with Crippen LogP contribution in [0, 0.1) is 5.92 Å². The number of benzene rings is 2. The highest BCUT2D eigenvalue weighted by molar-refractivity contribution is 5.91. The minimum absolute atomic E-state index is 0.0219. The Bertz CT molecular complexity index is 1520. The molecule has 3 N–H and O–H groups in total. The molecule has 9 nitrogen and oxygen atoms in total. The second-order valence-corrected chi connectivity index (χ2v) is 11.3. The number of carboxylic acids is 1. The van der Waals surface area contributed by atoms with Crippen molar-refractivity contribution in [2.75, 3.05) is 12.3 Å². The van der Waals surface area contributed by atoms with Crippen molar-refractivity contribution in [3.8, 4) is 0 Å². The molecule has 3 unspecified atom stereocenters. The molecule has 1 amide bonds. The van der Waals surface area contributed by atoms with E-state index >= 15 is 0 Å². The molecule has 1 saturated heterocycles. The number of hydrogen-bond acceptors (Lipinski definition) is 6. The fraction of sp³-hybridized carbons (Fsp3) is 0.324. The van der Waals surface area contributed by atoms with E-state index in [4.69, 9.17) is 5.73 Å². The summed E-state index contributed by atoms with van der Waals surface area (Å²) in [5, 5.41) is 9.88. The van der Waals surface area contributed by atoms with Gasteiger partial charge >= 0.3 is 5.97 Å². The highest BCUT2D eigenvalue weighted by Crippen LogP contribution is 2.29. The van der Waals surface area contributed by atoms with Gasteiger partial charge in [0, 0.05) is 31.9 Å². The number of ketones is 1. The lowest BCUT2D eigenvalue weighted by Crippen LogP contribution is -2.51. The van der Waals surface area contributed by atoms with Crippen LogP contribution in [-0.2, 0) is 40.2 Å². The van der Waals surface area contributed by atoms with Crippen LogP contribution >= 0.6 is 0 Å². The van der Waals surface area contributed by atoms with E-state index in [9.17, 15) is 19.5 Å². The summed E-state index contributed by atoms with van der Waals surface area (Å²) in [5.74, 6) is -1.09. The van der Waals surface area contributed by atoms with Crippen LogP contribution < -0.4 is 5.73 Å². The Balaban J connectivity index is 1.24. The monoisotopic (exact) mass is 579 g/mol. The number of piperidine rings is 1. The van der Waals surface area contributed by atoms with Crippen LogP contribution in [0.25, 0.3) is 0 Å². The molecule has 0 bridgehead atoms. The number of imidazole rings is 1. The predicted molar refractivity (Wildman–Crippen MR) is 163 cm³/mol. The normalized spacial score (nSPS) is 17.3. The molecule has 3 atom stereocenters. The largest absolute Gasteiger partial charge is 0.481 e. The number of carboxylic acid groups (broad SMARTS) is 1. The van der Waals surface area contributed by atoms with Gasteiger partial charge in [-0.15, -0.1) is 0 Å². The fourth-order valence-electron chi connectivity index (χ4n) is 5.81. The van der Waals surface area contributed by atoms with Crippen LogP contribution in [-0.4, -0.2) is 54.8 Å². The number of aromatic nitrogens is 3. The highest BCUT2D eigenvalue weighted by atomic mass is 16.4. The van der Waals surface area contributed by atoms with Crippen molar-refractivity contribution < 1.29 is 19.5 Å². The zero-order valence-corrected chi connectivity index (χ0v) is 24.1. The molecule has 9 heteroatoms. The highest BCUT2D eigenvalue weighted by Gasteiger charge is 2.35. The van der Waals surface area contributed by atoms with Gasteiger partial charge in [0.2, 0.25) is 5.91 Å². The molecule has 0 aliphatic carbocycles. The first kappa shape index (κ1) is 29.7. The molecule has 0 spiro atoms. The number of nitrogens with zero attached hydrogens (tertiary/aromatic N) is 4. The molecule has 1 fully saturated rings. The van der Waals surface area contributed by atoms with Crippen LogP contribution in [0.5, 0.6) is 0 Å². The van der Waals surface area contributed by atoms with E-state index in [1.54, 1.807) is 35.8 Å². The summed E-state index contributed by atoms with van der Waals surface area (Å²) in [4.78, 5) is 49.3. The summed E-state index contributed by atoms with van der Waals surface area (Å²) in [6, 6.07) is 22.3. The zero-order chi connectivity index (χ0) is 30.2. The molecule has 1 aliphatic heterocycles. The lowest BCUT2D eigenvalue weighted by atomic mass is 9.84. The Labute approximate surface area is 251 Å². The average Bonchev–Trinajstić information content (AvgIpc) is 3.49. The van der Waals surface area contributed by atoms with Gasteiger partial charge in [-0.25, -0.2) is 9.97 Å². The van der Waals surface area contributed by atoms with Crippen LogP contribution in [0.15, 0.2) is 91.5 Å². The Hall–Kier alpha value is -4.79. The number of anilines is 1. The van der Waals surface area contributed by atoms with Crippen molar-refractivity contribution in [1.29, 1.82) is 0 Å². The second-order valence-electron chi connectivity index (χ2n) is 11.3. The fourth-order valence-corrected chi connectivity index (χ4v) is 5.81. The van der Waals surface area contributed by atoms with Crippen LogP contribution in [0.2, 0.25) is 0 Å². The zero-order valence-electron chi connectivity index (χ0n) is 24.1. The van der Waals surface area contributed by atoms with Crippen molar-refractivity contribution in [3.05, 3.63) is 114 Å². The van der Waals surface area contributed by atoms with Crippen molar-refractivity contribution in [2.45, 2.75) is 57.0 Å². The Morgan fingerprint density at radius 3 is 2.26 bits per heavy atom. The third-order valence-corrected chi connectivity index (χ3v) is 8.21. The summed E-state index contributed by atoms with van der Waals surface area (Å²) < 4.78 is 1.92. The van der Waals surface area contributed by atoms with Gasteiger partial charge in [0.15, 0.2) is 5.78 Å². The number of likely N-dealkylation sites (tertiary alicyclic amines) is 1. The summed E-state index contributed by atoms with van der Waals surface area (Å²) in [6.45, 7) is 1.18. The molecular weight excluding hydrogens is 542 g/mol. The smallest absolute Gasteiger partial charge is 0.312 e. The third-order valence-electron chi connectivity index (χ3n) is 8.21. The lowest BCUT2D eigenvalue weighted by Gasteiger charge is -2.39. The number of pyridine rings is 1. The summed E-state index contributed by atoms with van der Waals surface area (Å²) in [7, 11) is 0. The number of nitrogen functional groups attached to an aromatic ring is 1. The molecule has 43 heavy (non-hydrogen) atoms. The van der Waals surface area contributed by atoms with Crippen molar-refractivity contribution in [2.24, 2.45) is 5.92 Å². The standard InChI is InChI=1S/C34H37N5O4/c35-32-12-11-27(21-36-32)17-28(34(42)43)29-22-38(23-37-29)15-13-26-14-16-39(33(41)20-25-9-5-2-6-10-25)30(18-26)31(40)19-24-7-3-1-4-8-24/h1-12,21-23,26,28,30H,13-20H2,(H2,35,36)(H,42,43). The minimum Gasteiger partial charge on any atom is -0.481 e. The summed E-state index contributed by atoms with van der Waals surface area (Å²) in [5.41, 5.74) is 8.80. The number of aryl methyl sites for hydroxylation is 1. The van der Waals surface area contributed by atoms with Gasteiger partial charge in [0.1, 0.15) is 11.7 Å². The maximum Gasteiger partial charge on any atom is 0.312 e. The first-order valence-corrected chi connectivity index (χ1v) is 14.7. The number of aliphatic carboxylic acids is 1. The van der Waals surface area contributed by atoms with Gasteiger partial charge in [0.25, 0.3) is 0 Å². The van der Waals surface area contributed by atoms with Crippen molar-refractivity contribution in [3.63, 3.8) is 0 Å². The number of Topliss-reactive ketones (excluding diaryl/α,β-unsaturated/α-hetero) is 1. The van der Waals surface area contributed by atoms with E-state index < -0.39 is 17.9 Å². The maximum atomic E-state index is 13.6. The van der Waals surface area contributed by atoms with Gasteiger partial charge in [-0.1, -0.05) is 66.7 Å². The SMILES string of the molecule is Nc1ccc(CC(C(=O)O)c2cn(CCC3CCN(C(=O)Cc4ccccc4)C(C(=O)Cc4ccccc4)C3)cn2)cn1. The quantitative estimate of drug-likeness (QED) is 0.256. The summed E-state index contributed by atoms with van der Waals surface area (Å²) in [6.07, 6.45) is 8.09. The second kappa shape index (κ2) is 13.9. The van der Waals surface area contributed by atoms with Gasteiger partial charge in [-0.3, -0.25) is 14.4 Å². The summed E-state index contributed by atoms with van der Waals surface area (Å²) >= 11 is 0. The molecule has 1 aliphatic rings.